The Labute approximate surface area is 116 Å². The minimum absolute atomic E-state index is 0.115. The van der Waals surface area contributed by atoms with Crippen LogP contribution in [0.15, 0.2) is 6.07 Å². The number of benzene rings is 1. The molecule has 0 amide bonds. The van der Waals surface area contributed by atoms with Gasteiger partial charge in [0.1, 0.15) is 0 Å². The number of rotatable bonds is 4. The Balaban J connectivity index is 2.79. The van der Waals surface area contributed by atoms with E-state index in [1.54, 1.807) is 0 Å². The number of carbonyl (C=O) groups is 1. The van der Waals surface area contributed by atoms with Gasteiger partial charge in [0.15, 0.2) is 0 Å². The second-order valence-electron chi connectivity index (χ2n) is 3.77. The topological polar surface area (TPSA) is 26.3 Å². The van der Waals surface area contributed by atoms with Crippen molar-refractivity contribution in [2.45, 2.75) is 20.3 Å². The fourth-order valence-corrected chi connectivity index (χ4v) is 1.63. The summed E-state index contributed by atoms with van der Waals surface area (Å²) in [6, 6.07) is 4.02. The molecule has 0 aromatic heterocycles. The maximum absolute atomic E-state index is 11.7. The van der Waals surface area contributed by atoms with Crippen molar-refractivity contribution in [1.29, 1.82) is 0 Å². The SMILES string of the molecule is CCC(C)COC(=O)c1[c]c(Cl)c(Cl)cc1Cl. The number of hydrogen-bond donors (Lipinski definition) is 0. The largest absolute Gasteiger partial charge is 0.462 e. The zero-order valence-electron chi connectivity index (χ0n) is 9.52. The van der Waals surface area contributed by atoms with Gasteiger partial charge in [-0.3, -0.25) is 0 Å². The molecule has 0 saturated heterocycles. The van der Waals surface area contributed by atoms with Crippen LogP contribution >= 0.6 is 34.8 Å². The van der Waals surface area contributed by atoms with Crippen molar-refractivity contribution in [3.05, 3.63) is 32.8 Å². The first-order valence-electron chi connectivity index (χ1n) is 5.19. The Morgan fingerprint density at radius 1 is 1.41 bits per heavy atom. The molecular weight excluding hydrogens is 282 g/mol. The van der Waals surface area contributed by atoms with Crippen LogP contribution in [0, 0.1) is 12.0 Å². The molecule has 0 N–H and O–H groups in total. The van der Waals surface area contributed by atoms with E-state index in [0.717, 1.165) is 6.42 Å². The standard InChI is InChI=1S/C12H12Cl3O2/c1-3-7(2)6-17-12(16)8-4-10(14)11(15)5-9(8)13/h5,7H,3,6H2,1-2H3. The summed E-state index contributed by atoms with van der Waals surface area (Å²) in [5.41, 5.74) is 0.115. The summed E-state index contributed by atoms with van der Waals surface area (Å²) in [7, 11) is 0. The van der Waals surface area contributed by atoms with Crippen LogP contribution in [0.3, 0.4) is 0 Å². The molecule has 93 valence electrons. The molecule has 0 aliphatic carbocycles. The fraction of sp³-hybridized carbons (Fsp3) is 0.417. The van der Waals surface area contributed by atoms with Gasteiger partial charge in [-0.1, -0.05) is 55.1 Å². The lowest BCUT2D eigenvalue weighted by Crippen LogP contribution is -2.12. The van der Waals surface area contributed by atoms with E-state index in [1.165, 1.54) is 6.07 Å². The van der Waals surface area contributed by atoms with E-state index in [0.29, 0.717) is 12.5 Å². The van der Waals surface area contributed by atoms with Crippen molar-refractivity contribution in [3.63, 3.8) is 0 Å². The molecule has 17 heavy (non-hydrogen) atoms. The molecule has 0 aliphatic heterocycles. The molecule has 0 spiro atoms. The second kappa shape index (κ2) is 6.48. The van der Waals surface area contributed by atoms with Crippen molar-refractivity contribution < 1.29 is 9.53 Å². The minimum Gasteiger partial charge on any atom is -0.462 e. The molecule has 1 atom stereocenters. The van der Waals surface area contributed by atoms with Gasteiger partial charge in [-0.15, -0.1) is 0 Å². The van der Waals surface area contributed by atoms with E-state index < -0.39 is 5.97 Å². The average Bonchev–Trinajstić information content (AvgIpc) is 2.30. The van der Waals surface area contributed by atoms with Gasteiger partial charge in [-0.05, 0) is 12.0 Å². The highest BCUT2D eigenvalue weighted by Gasteiger charge is 2.16. The van der Waals surface area contributed by atoms with Gasteiger partial charge in [-0.25, -0.2) is 4.79 Å². The Morgan fingerprint density at radius 3 is 2.65 bits per heavy atom. The molecule has 0 heterocycles. The third kappa shape index (κ3) is 4.06. The average molecular weight is 295 g/mol. The number of hydrogen-bond acceptors (Lipinski definition) is 2. The Kier molecular flexibility index (Phi) is 5.57. The lowest BCUT2D eigenvalue weighted by molar-refractivity contribution is 0.0447. The molecule has 0 bridgehead atoms. The Bertz CT molecular complexity index is 418. The Morgan fingerprint density at radius 2 is 2.06 bits per heavy atom. The number of ether oxygens (including phenoxy) is 1. The molecule has 1 aromatic carbocycles. The molecule has 1 unspecified atom stereocenters. The first-order chi connectivity index (χ1) is 7.95. The van der Waals surface area contributed by atoms with Crippen molar-refractivity contribution >= 4 is 40.8 Å². The van der Waals surface area contributed by atoms with Crippen LogP contribution in [0.4, 0.5) is 0 Å². The molecule has 0 saturated carbocycles. The third-order valence-corrected chi connectivity index (χ3v) is 3.33. The summed E-state index contributed by atoms with van der Waals surface area (Å²) < 4.78 is 5.10. The summed E-state index contributed by atoms with van der Waals surface area (Å²) in [6.45, 7) is 4.37. The molecule has 0 fully saturated rings. The number of halogens is 3. The van der Waals surface area contributed by atoms with E-state index in [1.807, 2.05) is 13.8 Å². The lowest BCUT2D eigenvalue weighted by Gasteiger charge is -2.10. The van der Waals surface area contributed by atoms with Crippen LogP contribution in [0.1, 0.15) is 30.6 Å². The van der Waals surface area contributed by atoms with Gasteiger partial charge in [-0.2, -0.15) is 0 Å². The monoisotopic (exact) mass is 293 g/mol. The highest BCUT2D eigenvalue weighted by molar-refractivity contribution is 6.43. The number of esters is 1. The van der Waals surface area contributed by atoms with Crippen molar-refractivity contribution in [2.24, 2.45) is 5.92 Å². The normalized spacial score (nSPS) is 12.3. The molecular formula is C12H12Cl3O2. The van der Waals surface area contributed by atoms with E-state index in [2.05, 4.69) is 6.07 Å². The van der Waals surface area contributed by atoms with Crippen molar-refractivity contribution in [3.8, 4) is 0 Å². The van der Waals surface area contributed by atoms with Crippen LogP contribution in [0.2, 0.25) is 15.1 Å². The van der Waals surface area contributed by atoms with E-state index >= 15 is 0 Å². The highest BCUT2D eigenvalue weighted by Crippen LogP contribution is 2.28. The van der Waals surface area contributed by atoms with E-state index in [9.17, 15) is 4.79 Å². The van der Waals surface area contributed by atoms with Gasteiger partial charge in [0, 0.05) is 6.07 Å². The predicted octanol–water partition coefficient (Wildman–Crippen LogP) is 4.65. The predicted molar refractivity (Wildman–Crippen MR) is 70.0 cm³/mol. The van der Waals surface area contributed by atoms with E-state index in [4.69, 9.17) is 39.5 Å². The smallest absolute Gasteiger partial charge is 0.340 e. The first-order valence-corrected chi connectivity index (χ1v) is 6.33. The Hall–Kier alpha value is -0.440. The van der Waals surface area contributed by atoms with Crippen LogP contribution in [0.5, 0.6) is 0 Å². The van der Waals surface area contributed by atoms with Crippen LogP contribution in [-0.4, -0.2) is 12.6 Å². The summed E-state index contributed by atoms with van der Waals surface area (Å²) in [4.78, 5) is 11.7. The van der Waals surface area contributed by atoms with Gasteiger partial charge < -0.3 is 4.74 Å². The molecule has 1 aromatic rings. The molecule has 2 nitrogen and oxygen atoms in total. The highest BCUT2D eigenvalue weighted by atomic mass is 35.5. The van der Waals surface area contributed by atoms with Crippen molar-refractivity contribution in [2.75, 3.05) is 6.61 Å². The molecule has 1 rings (SSSR count). The van der Waals surface area contributed by atoms with Gasteiger partial charge >= 0.3 is 5.97 Å². The number of carbonyl (C=O) groups excluding carboxylic acids is 1. The minimum atomic E-state index is -0.533. The summed E-state index contributed by atoms with van der Waals surface area (Å²) in [5.74, 6) is -0.227. The zero-order chi connectivity index (χ0) is 13.0. The first kappa shape index (κ1) is 14.6. The fourth-order valence-electron chi connectivity index (χ4n) is 1.03. The van der Waals surface area contributed by atoms with Crippen LogP contribution in [-0.2, 0) is 4.74 Å². The van der Waals surface area contributed by atoms with E-state index in [-0.39, 0.29) is 20.6 Å². The second-order valence-corrected chi connectivity index (χ2v) is 4.96. The molecule has 0 aliphatic rings. The van der Waals surface area contributed by atoms with Gasteiger partial charge in [0.05, 0.1) is 27.2 Å². The van der Waals surface area contributed by atoms with Crippen LogP contribution in [0.25, 0.3) is 0 Å². The molecule has 1 radical (unpaired) electrons. The third-order valence-electron chi connectivity index (χ3n) is 2.34. The summed E-state index contributed by atoms with van der Waals surface area (Å²) >= 11 is 17.4. The van der Waals surface area contributed by atoms with Crippen molar-refractivity contribution in [1.82, 2.24) is 0 Å². The quantitative estimate of drug-likeness (QED) is 0.597. The summed E-state index contributed by atoms with van der Waals surface area (Å²) in [5, 5.41) is 0.607. The maximum atomic E-state index is 11.7. The maximum Gasteiger partial charge on any atom is 0.340 e. The lowest BCUT2D eigenvalue weighted by atomic mass is 10.1. The van der Waals surface area contributed by atoms with Gasteiger partial charge in [0.25, 0.3) is 0 Å². The van der Waals surface area contributed by atoms with Crippen LogP contribution < -0.4 is 0 Å². The zero-order valence-corrected chi connectivity index (χ0v) is 11.8. The summed E-state index contributed by atoms with van der Waals surface area (Å²) in [6.07, 6.45) is 0.937. The van der Waals surface area contributed by atoms with Gasteiger partial charge in [0.2, 0.25) is 0 Å². The molecule has 5 heteroatoms.